The maximum absolute atomic E-state index is 13.0. The minimum atomic E-state index is -0.611. The van der Waals surface area contributed by atoms with Gasteiger partial charge in [-0.05, 0) is 60.2 Å². The Kier molecular flexibility index (Phi) is 8.90. The van der Waals surface area contributed by atoms with E-state index in [4.69, 9.17) is 26.4 Å². The molecule has 0 radical (unpaired) electrons. The second-order valence-electron chi connectivity index (χ2n) is 6.89. The van der Waals surface area contributed by atoms with Gasteiger partial charge in [-0.3, -0.25) is 10.3 Å². The predicted molar refractivity (Wildman–Crippen MR) is 123 cm³/mol. The molecular weight excluding hydrogens is 435 g/mol. The van der Waals surface area contributed by atoms with Gasteiger partial charge in [0.2, 0.25) is 0 Å². The fraction of sp³-hybridized carbons (Fsp3) is 0.318. The number of carbonyl (C=O) groups excluding carboxylic acids is 1. The van der Waals surface area contributed by atoms with Gasteiger partial charge in [-0.15, -0.1) is 0 Å². The first-order chi connectivity index (χ1) is 15.5. The summed E-state index contributed by atoms with van der Waals surface area (Å²) in [4.78, 5) is 14.6. The molecule has 0 amide bonds. The van der Waals surface area contributed by atoms with Crippen molar-refractivity contribution in [3.05, 3.63) is 59.4 Å². The normalized spacial score (nSPS) is 14.2. The highest BCUT2D eigenvalue weighted by Gasteiger charge is 2.13. The van der Waals surface area contributed by atoms with Crippen LogP contribution >= 0.6 is 12.2 Å². The smallest absolute Gasteiger partial charge is 0.343 e. The number of halogens is 1. The van der Waals surface area contributed by atoms with Gasteiger partial charge in [0, 0.05) is 26.2 Å². The highest BCUT2D eigenvalue weighted by Crippen LogP contribution is 2.28. The first-order valence-electron chi connectivity index (χ1n) is 10.1. The summed E-state index contributed by atoms with van der Waals surface area (Å²) in [6.07, 6.45) is 1.57. The Bertz CT molecular complexity index is 949. The molecule has 2 aromatic carbocycles. The number of hydrogen-bond acceptors (Lipinski definition) is 7. The molecule has 0 spiro atoms. The van der Waals surface area contributed by atoms with Crippen molar-refractivity contribution in [3.8, 4) is 11.5 Å². The average Bonchev–Trinajstić information content (AvgIpc) is 2.81. The van der Waals surface area contributed by atoms with E-state index in [-0.39, 0.29) is 11.3 Å². The van der Waals surface area contributed by atoms with Gasteiger partial charge < -0.3 is 19.5 Å². The fourth-order valence-electron chi connectivity index (χ4n) is 2.95. The van der Waals surface area contributed by atoms with Crippen LogP contribution in [0, 0.1) is 5.82 Å². The molecule has 2 N–H and O–H groups in total. The molecule has 0 saturated carbocycles. The number of ether oxygens (including phenoxy) is 3. The van der Waals surface area contributed by atoms with E-state index in [0.717, 1.165) is 32.8 Å². The Labute approximate surface area is 191 Å². The molecule has 170 valence electrons. The molecule has 1 heterocycles. The number of nitrogens with one attached hydrogen (secondary N) is 2. The monoisotopic (exact) mass is 460 g/mol. The van der Waals surface area contributed by atoms with E-state index in [1.165, 1.54) is 31.4 Å². The van der Waals surface area contributed by atoms with Crippen LogP contribution in [0.25, 0.3) is 0 Å². The molecule has 0 aliphatic carbocycles. The highest BCUT2D eigenvalue weighted by atomic mass is 32.1. The van der Waals surface area contributed by atoms with Crippen molar-refractivity contribution in [1.29, 1.82) is 0 Å². The summed E-state index contributed by atoms with van der Waals surface area (Å²) in [5.74, 6) is -0.439. The molecular formula is C22H25FN4O4S. The van der Waals surface area contributed by atoms with Crippen molar-refractivity contribution >= 4 is 29.5 Å². The predicted octanol–water partition coefficient (Wildman–Crippen LogP) is 2.18. The van der Waals surface area contributed by atoms with Crippen molar-refractivity contribution in [1.82, 2.24) is 15.6 Å². The SMILES string of the molecule is COc1cc(/C=N/NC(=S)NCCN2CCOCC2)ccc1OC(=O)c1ccc(F)cc1. The van der Waals surface area contributed by atoms with E-state index >= 15 is 0 Å². The zero-order valence-electron chi connectivity index (χ0n) is 17.7. The largest absolute Gasteiger partial charge is 0.493 e. The standard InChI is InChI=1S/C22H25FN4O4S/c1-29-20-14-16(2-7-19(20)31-21(28)17-3-5-18(23)6-4-17)15-25-26-22(32)24-8-9-27-10-12-30-13-11-27/h2-7,14-15H,8-13H2,1H3,(H2,24,26,32)/b25-15+. The number of thiocarbonyl (C=S) groups is 1. The first-order valence-corrected chi connectivity index (χ1v) is 10.5. The van der Waals surface area contributed by atoms with Crippen LogP contribution in [0.5, 0.6) is 11.5 Å². The number of hydrazone groups is 1. The number of carbonyl (C=O) groups is 1. The molecule has 0 aromatic heterocycles. The number of nitrogens with zero attached hydrogens (tertiary/aromatic N) is 2. The lowest BCUT2D eigenvalue weighted by Crippen LogP contribution is -2.42. The van der Waals surface area contributed by atoms with Crippen molar-refractivity contribution in [3.63, 3.8) is 0 Å². The summed E-state index contributed by atoms with van der Waals surface area (Å²) in [5.41, 5.74) is 3.72. The van der Waals surface area contributed by atoms with Crippen molar-refractivity contribution in [2.75, 3.05) is 46.5 Å². The lowest BCUT2D eigenvalue weighted by Gasteiger charge is -2.26. The van der Waals surface area contributed by atoms with Crippen molar-refractivity contribution in [2.45, 2.75) is 0 Å². The molecule has 0 atom stereocenters. The summed E-state index contributed by atoms with van der Waals surface area (Å²) in [6.45, 7) is 4.98. The topological polar surface area (TPSA) is 84.4 Å². The van der Waals surface area contributed by atoms with E-state index in [1.807, 2.05) is 0 Å². The molecule has 32 heavy (non-hydrogen) atoms. The van der Waals surface area contributed by atoms with Gasteiger partial charge in [0.15, 0.2) is 16.6 Å². The number of rotatable bonds is 8. The Hall–Kier alpha value is -3.08. The number of morpholine rings is 1. The molecule has 1 fully saturated rings. The number of methoxy groups -OCH3 is 1. The molecule has 1 aliphatic rings. The quantitative estimate of drug-likeness (QED) is 0.204. The molecule has 0 bridgehead atoms. The second-order valence-corrected chi connectivity index (χ2v) is 7.29. The minimum absolute atomic E-state index is 0.234. The maximum atomic E-state index is 13.0. The van der Waals surface area contributed by atoms with E-state index in [9.17, 15) is 9.18 Å². The Morgan fingerprint density at radius 3 is 2.69 bits per heavy atom. The van der Waals surface area contributed by atoms with Crippen LogP contribution in [0.15, 0.2) is 47.6 Å². The van der Waals surface area contributed by atoms with Crippen LogP contribution in [0.4, 0.5) is 4.39 Å². The van der Waals surface area contributed by atoms with E-state index in [0.29, 0.717) is 23.0 Å². The molecule has 2 aromatic rings. The summed E-state index contributed by atoms with van der Waals surface area (Å²) in [7, 11) is 1.47. The molecule has 0 unspecified atom stereocenters. The zero-order chi connectivity index (χ0) is 22.8. The number of esters is 1. The third-order valence-corrected chi connectivity index (χ3v) is 4.90. The van der Waals surface area contributed by atoms with Gasteiger partial charge in [0.25, 0.3) is 0 Å². The molecule has 8 nitrogen and oxygen atoms in total. The van der Waals surface area contributed by atoms with Gasteiger partial charge >= 0.3 is 5.97 Å². The minimum Gasteiger partial charge on any atom is -0.493 e. The van der Waals surface area contributed by atoms with Crippen LogP contribution in [0.2, 0.25) is 0 Å². The van der Waals surface area contributed by atoms with Gasteiger partial charge in [-0.25, -0.2) is 9.18 Å². The average molecular weight is 461 g/mol. The van der Waals surface area contributed by atoms with Gasteiger partial charge in [0.05, 0.1) is 32.1 Å². The highest BCUT2D eigenvalue weighted by molar-refractivity contribution is 7.80. The van der Waals surface area contributed by atoms with Crippen LogP contribution in [-0.2, 0) is 4.74 Å². The number of hydrogen-bond donors (Lipinski definition) is 2. The molecule has 1 aliphatic heterocycles. The summed E-state index contributed by atoms with van der Waals surface area (Å²) < 4.78 is 29.0. The third-order valence-electron chi connectivity index (χ3n) is 4.67. The van der Waals surface area contributed by atoms with Gasteiger partial charge in [-0.1, -0.05) is 0 Å². The van der Waals surface area contributed by atoms with Crippen LogP contribution in [0.1, 0.15) is 15.9 Å². The third kappa shape index (κ3) is 7.26. The van der Waals surface area contributed by atoms with E-state index < -0.39 is 11.8 Å². The zero-order valence-corrected chi connectivity index (χ0v) is 18.5. The van der Waals surface area contributed by atoms with Crippen LogP contribution < -0.4 is 20.2 Å². The second kappa shape index (κ2) is 12.1. The lowest BCUT2D eigenvalue weighted by molar-refractivity contribution is 0.0389. The molecule has 10 heteroatoms. The maximum Gasteiger partial charge on any atom is 0.343 e. The lowest BCUT2D eigenvalue weighted by atomic mass is 10.2. The fourth-order valence-corrected chi connectivity index (χ4v) is 3.11. The Morgan fingerprint density at radius 1 is 1.22 bits per heavy atom. The molecule has 3 rings (SSSR count). The summed E-state index contributed by atoms with van der Waals surface area (Å²) >= 11 is 5.22. The number of benzene rings is 2. The molecule has 1 saturated heterocycles. The first kappa shape index (κ1) is 23.6. The Balaban J connectivity index is 1.48. The van der Waals surface area contributed by atoms with Crippen LogP contribution in [-0.4, -0.2) is 68.7 Å². The summed E-state index contributed by atoms with van der Waals surface area (Å²) in [6, 6.07) is 10.1. The van der Waals surface area contributed by atoms with E-state index in [2.05, 4.69) is 20.7 Å². The van der Waals surface area contributed by atoms with Crippen molar-refractivity contribution in [2.24, 2.45) is 5.10 Å². The van der Waals surface area contributed by atoms with Gasteiger partial charge in [0.1, 0.15) is 5.82 Å². The summed E-state index contributed by atoms with van der Waals surface area (Å²) in [5, 5.41) is 7.65. The van der Waals surface area contributed by atoms with Crippen LogP contribution in [0.3, 0.4) is 0 Å². The van der Waals surface area contributed by atoms with Crippen molar-refractivity contribution < 1.29 is 23.4 Å². The van der Waals surface area contributed by atoms with E-state index in [1.54, 1.807) is 24.4 Å². The Morgan fingerprint density at radius 2 is 1.97 bits per heavy atom. The van der Waals surface area contributed by atoms with Gasteiger partial charge in [-0.2, -0.15) is 5.10 Å².